The summed E-state index contributed by atoms with van der Waals surface area (Å²) in [6, 6.07) is 15.9. The highest BCUT2D eigenvalue weighted by Gasteiger charge is 2.22. The first-order valence-electron chi connectivity index (χ1n) is 10.4. The van der Waals surface area contributed by atoms with E-state index in [1.54, 1.807) is 14.2 Å². The molecule has 0 heterocycles. The van der Waals surface area contributed by atoms with E-state index in [1.807, 2.05) is 53.3 Å². The van der Waals surface area contributed by atoms with E-state index in [1.165, 1.54) is 0 Å². The summed E-state index contributed by atoms with van der Waals surface area (Å²) in [5.41, 5.74) is 2.13. The van der Waals surface area contributed by atoms with E-state index in [2.05, 4.69) is 29.7 Å². The molecular weight excluding hydrogens is 428 g/mol. The van der Waals surface area contributed by atoms with Gasteiger partial charge in [0, 0.05) is 13.1 Å². The van der Waals surface area contributed by atoms with Crippen LogP contribution >= 0.6 is 24.4 Å². The molecule has 2 aromatic carbocycles. The predicted octanol–water partition coefficient (Wildman–Crippen LogP) is 4.10. The molecule has 0 radical (unpaired) electrons. The zero-order valence-corrected chi connectivity index (χ0v) is 20.3. The standard InChI is InChI=1S/C23H32N4O2S2/c1-5-13-25-23(31)27(17-19-10-8-12-21(15-19)29-4)26(22(30)24-6-2)16-18-9-7-11-20(14-18)28-3/h7-12,14-15H,5-6,13,16-17H2,1-4H3,(H,24,30)(H,25,31). The second-order valence-electron chi connectivity index (χ2n) is 6.89. The lowest BCUT2D eigenvalue weighted by molar-refractivity contribution is 0.112. The molecule has 168 valence electrons. The van der Waals surface area contributed by atoms with Gasteiger partial charge in [0.15, 0.2) is 10.2 Å². The average molecular weight is 461 g/mol. The van der Waals surface area contributed by atoms with Gasteiger partial charge >= 0.3 is 0 Å². The SMILES string of the molecule is CCCNC(=S)N(Cc1cccc(OC)c1)N(Cc1cccc(OC)c1)C(=S)NCC. The summed E-state index contributed by atoms with van der Waals surface area (Å²) in [6.07, 6.45) is 0.973. The van der Waals surface area contributed by atoms with Gasteiger partial charge in [0.1, 0.15) is 11.5 Å². The Kier molecular flexibility index (Phi) is 10.3. The van der Waals surface area contributed by atoms with E-state index >= 15 is 0 Å². The maximum atomic E-state index is 5.78. The van der Waals surface area contributed by atoms with Gasteiger partial charge in [-0.05, 0) is 73.2 Å². The minimum atomic E-state index is 0.543. The van der Waals surface area contributed by atoms with Crippen LogP contribution < -0.4 is 20.1 Å². The van der Waals surface area contributed by atoms with Crippen molar-refractivity contribution in [2.45, 2.75) is 33.4 Å². The Morgan fingerprint density at radius 2 is 1.29 bits per heavy atom. The second kappa shape index (κ2) is 13.0. The summed E-state index contributed by atoms with van der Waals surface area (Å²) in [5.74, 6) is 1.61. The van der Waals surface area contributed by atoms with Gasteiger partial charge in [0.05, 0.1) is 27.3 Å². The van der Waals surface area contributed by atoms with Gasteiger partial charge in [-0.15, -0.1) is 0 Å². The van der Waals surface area contributed by atoms with E-state index in [0.717, 1.165) is 42.1 Å². The molecule has 2 N–H and O–H groups in total. The fourth-order valence-corrected chi connectivity index (χ4v) is 3.56. The Labute approximate surface area is 196 Å². The third-order valence-corrected chi connectivity index (χ3v) is 5.26. The van der Waals surface area contributed by atoms with Crippen LogP contribution in [0.4, 0.5) is 0 Å². The van der Waals surface area contributed by atoms with Gasteiger partial charge < -0.3 is 20.1 Å². The van der Waals surface area contributed by atoms with E-state index < -0.39 is 0 Å². The van der Waals surface area contributed by atoms with Crippen molar-refractivity contribution in [3.8, 4) is 11.5 Å². The van der Waals surface area contributed by atoms with E-state index in [9.17, 15) is 0 Å². The van der Waals surface area contributed by atoms with Crippen LogP contribution in [0.1, 0.15) is 31.4 Å². The van der Waals surface area contributed by atoms with Crippen molar-refractivity contribution in [1.82, 2.24) is 20.7 Å². The average Bonchev–Trinajstić information content (AvgIpc) is 2.80. The molecule has 2 rings (SSSR count). The Bertz CT molecular complexity index is 863. The lowest BCUT2D eigenvalue weighted by Crippen LogP contribution is -2.55. The highest BCUT2D eigenvalue weighted by molar-refractivity contribution is 7.80. The summed E-state index contributed by atoms with van der Waals surface area (Å²) < 4.78 is 10.8. The zero-order valence-electron chi connectivity index (χ0n) is 18.7. The summed E-state index contributed by atoms with van der Waals surface area (Å²) in [7, 11) is 3.33. The molecule has 0 amide bonds. The van der Waals surface area contributed by atoms with Crippen molar-refractivity contribution in [3.05, 3.63) is 59.7 Å². The number of hydrogen-bond donors (Lipinski definition) is 2. The molecule has 0 bridgehead atoms. The molecule has 0 aliphatic carbocycles. The third-order valence-electron chi connectivity index (χ3n) is 4.55. The molecule has 0 aliphatic rings. The molecule has 0 saturated carbocycles. The molecule has 0 atom stereocenters. The minimum Gasteiger partial charge on any atom is -0.497 e. The molecule has 0 fully saturated rings. The maximum Gasteiger partial charge on any atom is 0.188 e. The van der Waals surface area contributed by atoms with Gasteiger partial charge in [0.25, 0.3) is 0 Å². The van der Waals surface area contributed by atoms with Gasteiger partial charge in [0.2, 0.25) is 0 Å². The number of ether oxygens (including phenoxy) is 2. The normalized spacial score (nSPS) is 10.2. The summed E-state index contributed by atoms with van der Waals surface area (Å²) in [5, 5.41) is 11.8. The molecular formula is C23H32N4O2S2. The van der Waals surface area contributed by atoms with Gasteiger partial charge in [-0.1, -0.05) is 31.2 Å². The van der Waals surface area contributed by atoms with E-state index in [4.69, 9.17) is 33.9 Å². The number of hydrogen-bond acceptors (Lipinski definition) is 4. The monoisotopic (exact) mass is 460 g/mol. The smallest absolute Gasteiger partial charge is 0.188 e. The predicted molar refractivity (Wildman–Crippen MR) is 134 cm³/mol. The first-order chi connectivity index (χ1) is 15.0. The lowest BCUT2D eigenvalue weighted by atomic mass is 10.2. The van der Waals surface area contributed by atoms with Crippen LogP contribution in [-0.4, -0.2) is 47.6 Å². The summed E-state index contributed by atoms with van der Waals surface area (Å²) in [6.45, 7) is 6.72. The molecule has 0 spiro atoms. The van der Waals surface area contributed by atoms with Crippen LogP contribution in [0.5, 0.6) is 11.5 Å². The number of benzene rings is 2. The summed E-state index contributed by atoms with van der Waals surface area (Å²) in [4.78, 5) is 0. The Balaban J connectivity index is 2.39. The Morgan fingerprint density at radius 1 is 0.806 bits per heavy atom. The van der Waals surface area contributed by atoms with Gasteiger partial charge in [-0.2, -0.15) is 0 Å². The topological polar surface area (TPSA) is 49.0 Å². The number of hydrazine groups is 1. The highest BCUT2D eigenvalue weighted by atomic mass is 32.1. The van der Waals surface area contributed by atoms with Crippen LogP contribution in [0.15, 0.2) is 48.5 Å². The van der Waals surface area contributed by atoms with Crippen molar-refractivity contribution in [3.63, 3.8) is 0 Å². The molecule has 2 aromatic rings. The fourth-order valence-electron chi connectivity index (χ4n) is 2.99. The molecule has 6 nitrogen and oxygen atoms in total. The largest absolute Gasteiger partial charge is 0.497 e. The van der Waals surface area contributed by atoms with Crippen LogP contribution in [0.25, 0.3) is 0 Å². The summed E-state index contributed by atoms with van der Waals surface area (Å²) >= 11 is 11.5. The second-order valence-corrected chi connectivity index (χ2v) is 7.66. The quantitative estimate of drug-likeness (QED) is 0.428. The maximum absolute atomic E-state index is 5.78. The molecule has 0 aromatic heterocycles. The van der Waals surface area contributed by atoms with Crippen LogP contribution in [0.3, 0.4) is 0 Å². The first-order valence-corrected chi connectivity index (χ1v) is 11.2. The van der Waals surface area contributed by atoms with Crippen LogP contribution in [0, 0.1) is 0 Å². The highest BCUT2D eigenvalue weighted by Crippen LogP contribution is 2.19. The molecule has 31 heavy (non-hydrogen) atoms. The Morgan fingerprint density at radius 3 is 1.71 bits per heavy atom. The van der Waals surface area contributed by atoms with Crippen LogP contribution in [0.2, 0.25) is 0 Å². The number of nitrogens with zero attached hydrogens (tertiary/aromatic N) is 2. The van der Waals surface area contributed by atoms with Crippen molar-refractivity contribution in [2.75, 3.05) is 27.3 Å². The van der Waals surface area contributed by atoms with Crippen molar-refractivity contribution >= 4 is 34.7 Å². The van der Waals surface area contributed by atoms with Crippen molar-refractivity contribution < 1.29 is 9.47 Å². The van der Waals surface area contributed by atoms with Crippen molar-refractivity contribution in [2.24, 2.45) is 0 Å². The molecule has 0 saturated heterocycles. The molecule has 0 unspecified atom stereocenters. The van der Waals surface area contributed by atoms with Crippen LogP contribution in [-0.2, 0) is 13.1 Å². The van der Waals surface area contributed by atoms with Gasteiger partial charge in [-0.3, -0.25) is 10.0 Å². The molecule has 8 heteroatoms. The zero-order chi connectivity index (χ0) is 22.6. The fraction of sp³-hybridized carbons (Fsp3) is 0.391. The number of thiocarbonyl (C=S) groups is 2. The van der Waals surface area contributed by atoms with E-state index in [-0.39, 0.29) is 0 Å². The number of nitrogens with one attached hydrogen (secondary N) is 2. The minimum absolute atomic E-state index is 0.543. The number of rotatable bonds is 9. The Hall–Kier alpha value is -2.58. The third kappa shape index (κ3) is 7.56. The van der Waals surface area contributed by atoms with Crippen molar-refractivity contribution in [1.29, 1.82) is 0 Å². The first kappa shape index (κ1) is 24.7. The molecule has 0 aliphatic heterocycles. The van der Waals surface area contributed by atoms with E-state index in [0.29, 0.717) is 23.3 Å². The van der Waals surface area contributed by atoms with Gasteiger partial charge in [-0.25, -0.2) is 0 Å². The number of methoxy groups -OCH3 is 2. The lowest BCUT2D eigenvalue weighted by Gasteiger charge is -2.38.